The molecule has 1 aromatic rings. The third-order valence-electron chi connectivity index (χ3n) is 2.17. The molecule has 88 valence electrons. The molecule has 1 aromatic carbocycles. The summed E-state index contributed by atoms with van der Waals surface area (Å²) in [5.74, 6) is 1.96. The van der Waals surface area contributed by atoms with Gasteiger partial charge in [0.15, 0.2) is 0 Å². The minimum absolute atomic E-state index is 0.0587. The fourth-order valence-electron chi connectivity index (χ4n) is 1.29. The minimum atomic E-state index is -0.296. The maximum atomic E-state index is 11.5. The second-order valence-electron chi connectivity index (χ2n) is 3.45. The van der Waals surface area contributed by atoms with E-state index < -0.39 is 0 Å². The molecule has 1 rings (SSSR count). The Morgan fingerprint density at radius 1 is 1.47 bits per heavy atom. The molecule has 0 bridgehead atoms. The minimum Gasteiger partial charge on any atom is -0.267 e. The molecule has 17 heavy (non-hydrogen) atoms. The highest BCUT2D eigenvalue weighted by Gasteiger charge is 2.04. The molecule has 1 N–H and O–H groups in total. The second kappa shape index (κ2) is 7.26. The van der Waals surface area contributed by atoms with Gasteiger partial charge in [0.25, 0.3) is 5.91 Å². The molecular formula is C14H15NO2. The van der Waals surface area contributed by atoms with Crippen LogP contribution in [-0.4, -0.2) is 12.5 Å². The lowest BCUT2D eigenvalue weighted by Crippen LogP contribution is -2.23. The Hall–Kier alpha value is -2.05. The van der Waals surface area contributed by atoms with Gasteiger partial charge >= 0.3 is 0 Å². The molecule has 0 fully saturated rings. The average molecular weight is 229 g/mol. The van der Waals surface area contributed by atoms with E-state index in [2.05, 4.69) is 18.0 Å². The van der Waals surface area contributed by atoms with Gasteiger partial charge in [-0.15, -0.1) is 13.0 Å². The first-order valence-electron chi connectivity index (χ1n) is 5.33. The van der Waals surface area contributed by atoms with Gasteiger partial charge in [-0.05, 0) is 30.5 Å². The zero-order chi connectivity index (χ0) is 12.5. The van der Waals surface area contributed by atoms with Crippen molar-refractivity contribution in [2.75, 3.05) is 6.61 Å². The van der Waals surface area contributed by atoms with Crippen molar-refractivity contribution in [3.8, 4) is 12.3 Å². The first kappa shape index (κ1) is 13.0. The van der Waals surface area contributed by atoms with E-state index in [9.17, 15) is 4.79 Å². The molecule has 0 aliphatic rings. The molecular weight excluding hydrogens is 214 g/mol. The molecule has 0 unspecified atom stereocenters. The summed E-state index contributed by atoms with van der Waals surface area (Å²) in [7, 11) is 0. The van der Waals surface area contributed by atoms with Crippen molar-refractivity contribution in [2.24, 2.45) is 0 Å². The van der Waals surface area contributed by atoms with E-state index in [0.717, 1.165) is 12.8 Å². The summed E-state index contributed by atoms with van der Waals surface area (Å²) in [5.41, 5.74) is 3.98. The van der Waals surface area contributed by atoms with Crippen molar-refractivity contribution in [3.63, 3.8) is 0 Å². The van der Waals surface area contributed by atoms with E-state index in [1.807, 2.05) is 18.2 Å². The zero-order valence-corrected chi connectivity index (χ0v) is 9.61. The lowest BCUT2D eigenvalue weighted by molar-refractivity contribution is 0.0438. The highest BCUT2D eigenvalue weighted by molar-refractivity contribution is 5.93. The zero-order valence-electron chi connectivity index (χ0n) is 9.61. The molecule has 0 saturated carbocycles. The first-order chi connectivity index (χ1) is 8.27. The summed E-state index contributed by atoms with van der Waals surface area (Å²) in [5, 5.41) is 0. The van der Waals surface area contributed by atoms with Crippen molar-refractivity contribution in [1.82, 2.24) is 5.48 Å². The molecule has 0 aromatic heterocycles. The standard InChI is InChI=1S/C14H15NO2/c1-3-5-6-12-7-9-13(10-8-12)14(16)15-17-11-4-2/h2-3,7-10H,1,5-6,11H2,(H,15,16). The highest BCUT2D eigenvalue weighted by Crippen LogP contribution is 2.07. The van der Waals surface area contributed by atoms with Crippen molar-refractivity contribution >= 4 is 5.91 Å². The largest absolute Gasteiger partial charge is 0.274 e. The van der Waals surface area contributed by atoms with Gasteiger partial charge in [-0.1, -0.05) is 24.1 Å². The maximum absolute atomic E-state index is 11.5. The molecule has 0 atom stereocenters. The van der Waals surface area contributed by atoms with E-state index in [1.165, 1.54) is 5.56 Å². The molecule has 0 aliphatic carbocycles. The Balaban J connectivity index is 2.52. The SMILES string of the molecule is C#CCONC(=O)c1ccc(CCC=C)cc1. The van der Waals surface area contributed by atoms with Crippen LogP contribution >= 0.6 is 0 Å². The van der Waals surface area contributed by atoms with Crippen LogP contribution in [0.2, 0.25) is 0 Å². The summed E-state index contributed by atoms with van der Waals surface area (Å²) < 4.78 is 0. The number of hydrogen-bond acceptors (Lipinski definition) is 2. The number of hydroxylamine groups is 1. The van der Waals surface area contributed by atoms with E-state index in [4.69, 9.17) is 11.3 Å². The molecule has 0 radical (unpaired) electrons. The van der Waals surface area contributed by atoms with E-state index >= 15 is 0 Å². The van der Waals surface area contributed by atoms with Gasteiger partial charge in [-0.25, -0.2) is 5.48 Å². The van der Waals surface area contributed by atoms with Gasteiger partial charge in [0.1, 0.15) is 6.61 Å². The number of rotatable bonds is 6. The van der Waals surface area contributed by atoms with Gasteiger partial charge in [-0.3, -0.25) is 9.63 Å². The monoisotopic (exact) mass is 229 g/mol. The number of amides is 1. The Bertz CT molecular complexity index is 415. The van der Waals surface area contributed by atoms with Crippen LogP contribution in [0, 0.1) is 12.3 Å². The maximum Gasteiger partial charge on any atom is 0.274 e. The molecule has 1 amide bonds. The third kappa shape index (κ3) is 4.54. The van der Waals surface area contributed by atoms with Crippen LogP contribution in [-0.2, 0) is 11.3 Å². The van der Waals surface area contributed by atoms with Crippen LogP contribution in [0.1, 0.15) is 22.3 Å². The normalized spacial score (nSPS) is 9.35. The summed E-state index contributed by atoms with van der Waals surface area (Å²) in [4.78, 5) is 16.3. The molecule has 0 aliphatic heterocycles. The van der Waals surface area contributed by atoms with Gasteiger partial charge in [-0.2, -0.15) is 0 Å². The quantitative estimate of drug-likeness (QED) is 0.351. The number of hydrogen-bond donors (Lipinski definition) is 1. The first-order valence-corrected chi connectivity index (χ1v) is 5.33. The number of carbonyl (C=O) groups is 1. The lowest BCUT2D eigenvalue weighted by Gasteiger charge is -2.04. The topological polar surface area (TPSA) is 38.3 Å². The van der Waals surface area contributed by atoms with Gasteiger partial charge < -0.3 is 0 Å². The Morgan fingerprint density at radius 3 is 2.76 bits per heavy atom. The van der Waals surface area contributed by atoms with Crippen molar-refractivity contribution in [1.29, 1.82) is 0 Å². The molecule has 3 nitrogen and oxygen atoms in total. The van der Waals surface area contributed by atoms with Crippen LogP contribution < -0.4 is 5.48 Å². The number of aryl methyl sites for hydroxylation is 1. The number of nitrogens with one attached hydrogen (secondary N) is 1. The fourth-order valence-corrected chi connectivity index (χ4v) is 1.29. The van der Waals surface area contributed by atoms with Crippen LogP contribution in [0.25, 0.3) is 0 Å². The molecule has 0 saturated heterocycles. The highest BCUT2D eigenvalue weighted by atomic mass is 16.6. The average Bonchev–Trinajstić information content (AvgIpc) is 2.37. The predicted octanol–water partition coefficient (Wildman–Crippen LogP) is 2.10. The summed E-state index contributed by atoms with van der Waals surface area (Å²) >= 11 is 0. The Kier molecular flexibility index (Phi) is 5.56. The van der Waals surface area contributed by atoms with Crippen LogP contribution in [0.4, 0.5) is 0 Å². The Labute approximate surface area is 101 Å². The van der Waals surface area contributed by atoms with E-state index in [-0.39, 0.29) is 12.5 Å². The fraction of sp³-hybridized carbons (Fsp3) is 0.214. The van der Waals surface area contributed by atoms with Crippen LogP contribution in [0.15, 0.2) is 36.9 Å². The second-order valence-corrected chi connectivity index (χ2v) is 3.45. The number of benzene rings is 1. The van der Waals surface area contributed by atoms with Gasteiger partial charge in [0.05, 0.1) is 0 Å². The van der Waals surface area contributed by atoms with E-state index in [0.29, 0.717) is 5.56 Å². The van der Waals surface area contributed by atoms with Gasteiger partial charge in [0.2, 0.25) is 0 Å². The molecule has 3 heteroatoms. The molecule has 0 spiro atoms. The number of carbonyl (C=O) groups excluding carboxylic acids is 1. The van der Waals surface area contributed by atoms with Crippen LogP contribution in [0.5, 0.6) is 0 Å². The lowest BCUT2D eigenvalue weighted by atomic mass is 10.1. The van der Waals surface area contributed by atoms with E-state index in [1.54, 1.807) is 12.1 Å². The summed E-state index contributed by atoms with van der Waals surface area (Å²) in [6.45, 7) is 3.73. The van der Waals surface area contributed by atoms with Crippen LogP contribution in [0.3, 0.4) is 0 Å². The van der Waals surface area contributed by atoms with Crippen molar-refractivity contribution in [2.45, 2.75) is 12.8 Å². The predicted molar refractivity (Wildman–Crippen MR) is 67.2 cm³/mol. The van der Waals surface area contributed by atoms with Crippen molar-refractivity contribution in [3.05, 3.63) is 48.0 Å². The van der Waals surface area contributed by atoms with Crippen molar-refractivity contribution < 1.29 is 9.63 Å². The molecule has 0 heterocycles. The summed E-state index contributed by atoms with van der Waals surface area (Å²) in [6.07, 6.45) is 8.71. The summed E-state index contributed by atoms with van der Waals surface area (Å²) in [6, 6.07) is 7.35. The smallest absolute Gasteiger partial charge is 0.267 e. The number of allylic oxidation sites excluding steroid dienone is 1. The number of terminal acetylenes is 1. The van der Waals surface area contributed by atoms with Gasteiger partial charge in [0, 0.05) is 5.56 Å². The third-order valence-corrected chi connectivity index (χ3v) is 2.17. The Morgan fingerprint density at radius 2 is 2.18 bits per heavy atom.